The van der Waals surface area contributed by atoms with Crippen molar-refractivity contribution in [3.63, 3.8) is 0 Å². The monoisotopic (exact) mass is 467 g/mol. The van der Waals surface area contributed by atoms with Crippen molar-refractivity contribution in [1.82, 2.24) is 5.32 Å². The minimum absolute atomic E-state index is 0.0951. The lowest BCUT2D eigenvalue weighted by Crippen LogP contribution is -2.39. The number of rotatable bonds is 7. The molecule has 3 nitrogen and oxygen atoms in total. The van der Waals surface area contributed by atoms with E-state index >= 15 is 0 Å². The maximum atomic E-state index is 12.2. The molecular weight excluding hydrogens is 438 g/mol. The Morgan fingerprint density at radius 2 is 1.67 bits per heavy atom. The molecule has 0 fully saturated rings. The minimum atomic E-state index is -0.476. The van der Waals surface area contributed by atoms with Crippen LogP contribution in [-0.2, 0) is 16.0 Å². The van der Waals surface area contributed by atoms with Crippen molar-refractivity contribution >= 4 is 32.7 Å². The van der Waals surface area contributed by atoms with Crippen molar-refractivity contribution in [2.24, 2.45) is 0 Å². The van der Waals surface area contributed by atoms with E-state index in [2.05, 4.69) is 94.9 Å². The maximum Gasteiger partial charge on any atom is 0.320 e. The smallest absolute Gasteiger partial charge is 0.320 e. The predicted molar refractivity (Wildman–Crippen MR) is 128 cm³/mol. The van der Waals surface area contributed by atoms with Crippen LogP contribution in [0.5, 0.6) is 0 Å². The zero-order valence-electron chi connectivity index (χ0n) is 18.1. The van der Waals surface area contributed by atoms with E-state index in [1.54, 1.807) is 0 Å². The van der Waals surface area contributed by atoms with E-state index in [1.165, 1.54) is 21.9 Å². The minimum Gasteiger partial charge on any atom is -0.459 e. The molecule has 0 aliphatic heterocycles. The Balaban J connectivity index is 1.83. The Morgan fingerprint density at radius 3 is 2.37 bits per heavy atom. The Kier molecular flexibility index (Phi) is 7.32. The van der Waals surface area contributed by atoms with Crippen LogP contribution in [0.15, 0.2) is 71.2 Å². The fourth-order valence-electron chi connectivity index (χ4n) is 3.76. The summed E-state index contributed by atoms with van der Waals surface area (Å²) in [6.07, 6.45) is 0.880. The zero-order valence-corrected chi connectivity index (χ0v) is 19.7. The van der Waals surface area contributed by atoms with Gasteiger partial charge in [0.1, 0.15) is 5.60 Å². The lowest BCUT2D eigenvalue weighted by atomic mass is 9.85. The van der Waals surface area contributed by atoms with Crippen molar-refractivity contribution < 1.29 is 9.53 Å². The summed E-state index contributed by atoms with van der Waals surface area (Å²) in [6, 6.07) is 23.5. The van der Waals surface area contributed by atoms with Crippen LogP contribution in [0.2, 0.25) is 0 Å². The summed E-state index contributed by atoms with van der Waals surface area (Å²) in [6.45, 7) is 8.00. The molecule has 2 unspecified atom stereocenters. The number of fused-ring (bicyclic) bond motifs is 1. The van der Waals surface area contributed by atoms with Crippen LogP contribution in [0.1, 0.15) is 44.7 Å². The fourth-order valence-corrected chi connectivity index (χ4v) is 4.03. The van der Waals surface area contributed by atoms with Crippen LogP contribution in [-0.4, -0.2) is 24.2 Å². The van der Waals surface area contributed by atoms with Gasteiger partial charge in [0.05, 0.1) is 6.54 Å². The van der Waals surface area contributed by atoms with E-state index in [0.717, 1.165) is 10.9 Å². The molecule has 0 saturated heterocycles. The second-order valence-corrected chi connectivity index (χ2v) is 9.67. The number of ether oxygens (including phenoxy) is 1. The van der Waals surface area contributed by atoms with Crippen LogP contribution in [0, 0.1) is 0 Å². The number of carbonyl (C=O) groups is 1. The number of esters is 1. The van der Waals surface area contributed by atoms with Crippen molar-refractivity contribution in [2.75, 3.05) is 6.54 Å². The van der Waals surface area contributed by atoms with Crippen molar-refractivity contribution in [3.05, 3.63) is 82.3 Å². The molecule has 0 aliphatic carbocycles. The third-order valence-corrected chi connectivity index (χ3v) is 5.74. The molecule has 1 N–H and O–H groups in total. The summed E-state index contributed by atoms with van der Waals surface area (Å²) in [5, 5.41) is 5.93. The molecule has 4 heteroatoms. The van der Waals surface area contributed by atoms with E-state index in [-0.39, 0.29) is 24.5 Å². The number of halogens is 1. The first kappa shape index (κ1) is 22.5. The third-order valence-electron chi connectivity index (χ3n) is 5.21. The van der Waals surface area contributed by atoms with Gasteiger partial charge in [-0.25, -0.2) is 0 Å². The molecule has 0 bridgehead atoms. The highest BCUT2D eigenvalue weighted by Gasteiger charge is 2.23. The van der Waals surface area contributed by atoms with Gasteiger partial charge in [-0.15, -0.1) is 0 Å². The number of benzene rings is 3. The largest absolute Gasteiger partial charge is 0.459 e. The lowest BCUT2D eigenvalue weighted by Gasteiger charge is -2.27. The second-order valence-electron chi connectivity index (χ2n) is 8.76. The second kappa shape index (κ2) is 9.76. The molecule has 0 aromatic heterocycles. The lowest BCUT2D eigenvalue weighted by molar-refractivity contribution is -0.153. The molecule has 0 heterocycles. The molecule has 0 amide bonds. The van der Waals surface area contributed by atoms with E-state index < -0.39 is 5.60 Å². The number of hydrogen-bond donors (Lipinski definition) is 1. The Hall–Kier alpha value is -2.17. The number of carbonyl (C=O) groups excluding carboxylic acids is 1. The maximum absolute atomic E-state index is 12.2. The molecule has 30 heavy (non-hydrogen) atoms. The first-order valence-corrected chi connectivity index (χ1v) is 11.2. The topological polar surface area (TPSA) is 38.3 Å². The first-order valence-electron chi connectivity index (χ1n) is 10.4. The summed E-state index contributed by atoms with van der Waals surface area (Å²) >= 11 is 3.53. The summed E-state index contributed by atoms with van der Waals surface area (Å²) < 4.78 is 6.52. The van der Waals surface area contributed by atoms with Crippen LogP contribution in [0.3, 0.4) is 0 Å². The van der Waals surface area contributed by atoms with Crippen LogP contribution >= 0.6 is 15.9 Å². The van der Waals surface area contributed by atoms with Crippen molar-refractivity contribution in [3.8, 4) is 0 Å². The average Bonchev–Trinajstić information content (AvgIpc) is 2.70. The fraction of sp³-hybridized carbons (Fsp3) is 0.346. The molecule has 0 radical (unpaired) electrons. The van der Waals surface area contributed by atoms with E-state index in [1.807, 2.05) is 20.8 Å². The summed E-state index contributed by atoms with van der Waals surface area (Å²) in [5.41, 5.74) is 2.08. The molecule has 3 aromatic rings. The molecule has 3 aromatic carbocycles. The molecule has 3 rings (SSSR count). The summed E-state index contributed by atoms with van der Waals surface area (Å²) in [7, 11) is 0. The van der Waals surface area contributed by atoms with Crippen LogP contribution in [0.4, 0.5) is 0 Å². The molecular formula is C26H30BrNO2. The number of nitrogens with one attached hydrogen (secondary N) is 1. The summed E-state index contributed by atoms with van der Waals surface area (Å²) in [4.78, 5) is 12.2. The molecule has 0 aliphatic rings. The zero-order chi connectivity index (χ0) is 21.7. The third kappa shape index (κ3) is 6.16. The van der Waals surface area contributed by atoms with Gasteiger partial charge < -0.3 is 10.1 Å². The standard InChI is InChI=1S/C26H30BrNO2/c1-18(28-17-25(29)30-26(2,3)4)24(20-12-14-22(27)15-13-20)16-21-10-7-9-19-8-5-6-11-23(19)21/h5-15,18,24,28H,16-17H2,1-4H3. The molecule has 0 saturated carbocycles. The van der Waals surface area contributed by atoms with Gasteiger partial charge in [-0.05, 0) is 68.1 Å². The van der Waals surface area contributed by atoms with Gasteiger partial charge in [0.15, 0.2) is 0 Å². The highest BCUT2D eigenvalue weighted by molar-refractivity contribution is 9.10. The van der Waals surface area contributed by atoms with Crippen LogP contribution < -0.4 is 5.32 Å². The van der Waals surface area contributed by atoms with Gasteiger partial charge in [0, 0.05) is 16.4 Å². The van der Waals surface area contributed by atoms with Crippen molar-refractivity contribution in [2.45, 2.75) is 51.7 Å². The molecule has 2 atom stereocenters. The predicted octanol–water partition coefficient (Wildman–Crippen LogP) is 6.25. The summed E-state index contributed by atoms with van der Waals surface area (Å²) in [5.74, 6) is -0.0135. The van der Waals surface area contributed by atoms with Gasteiger partial charge >= 0.3 is 5.97 Å². The highest BCUT2D eigenvalue weighted by Crippen LogP contribution is 2.29. The normalized spacial score (nSPS) is 13.8. The molecule has 0 spiro atoms. The quantitative estimate of drug-likeness (QED) is 0.417. The average molecular weight is 468 g/mol. The first-order chi connectivity index (χ1) is 14.2. The SMILES string of the molecule is CC(NCC(=O)OC(C)(C)C)C(Cc1cccc2ccccc12)c1ccc(Br)cc1. The Labute approximate surface area is 188 Å². The van der Waals surface area contributed by atoms with E-state index in [9.17, 15) is 4.79 Å². The van der Waals surface area contributed by atoms with Gasteiger partial charge in [0.25, 0.3) is 0 Å². The van der Waals surface area contributed by atoms with Gasteiger partial charge in [-0.3, -0.25) is 4.79 Å². The number of hydrogen-bond acceptors (Lipinski definition) is 3. The van der Waals surface area contributed by atoms with Gasteiger partial charge in [-0.2, -0.15) is 0 Å². The van der Waals surface area contributed by atoms with Crippen LogP contribution in [0.25, 0.3) is 10.8 Å². The van der Waals surface area contributed by atoms with E-state index in [0.29, 0.717) is 0 Å². The van der Waals surface area contributed by atoms with Gasteiger partial charge in [-0.1, -0.05) is 70.5 Å². The Morgan fingerprint density at radius 1 is 1.00 bits per heavy atom. The molecule has 158 valence electrons. The Bertz CT molecular complexity index is 987. The van der Waals surface area contributed by atoms with Crippen molar-refractivity contribution in [1.29, 1.82) is 0 Å². The van der Waals surface area contributed by atoms with E-state index in [4.69, 9.17) is 4.74 Å². The highest BCUT2D eigenvalue weighted by atomic mass is 79.9. The van der Waals surface area contributed by atoms with Gasteiger partial charge in [0.2, 0.25) is 0 Å².